The SMILES string of the molecule is CC(C)Nc1ncccc1S. The van der Waals surface area contributed by atoms with Gasteiger partial charge in [0.15, 0.2) is 0 Å². The summed E-state index contributed by atoms with van der Waals surface area (Å²) < 4.78 is 0. The molecule has 0 radical (unpaired) electrons. The Balaban J connectivity index is 2.78. The average molecular weight is 168 g/mol. The molecule has 11 heavy (non-hydrogen) atoms. The molecule has 1 rings (SSSR count). The molecule has 0 atom stereocenters. The molecule has 3 heteroatoms. The highest BCUT2D eigenvalue weighted by molar-refractivity contribution is 7.80. The van der Waals surface area contributed by atoms with Crippen molar-refractivity contribution in [3.8, 4) is 0 Å². The maximum Gasteiger partial charge on any atom is 0.139 e. The molecule has 0 unspecified atom stereocenters. The van der Waals surface area contributed by atoms with Crippen molar-refractivity contribution < 1.29 is 0 Å². The van der Waals surface area contributed by atoms with E-state index in [2.05, 4.69) is 36.8 Å². The van der Waals surface area contributed by atoms with Gasteiger partial charge in [0.05, 0.1) is 0 Å². The molecule has 0 aliphatic rings. The van der Waals surface area contributed by atoms with E-state index >= 15 is 0 Å². The average Bonchev–Trinajstić information content (AvgIpc) is 1.93. The second kappa shape index (κ2) is 3.62. The Labute approximate surface area is 72.5 Å². The van der Waals surface area contributed by atoms with E-state index in [9.17, 15) is 0 Å². The normalized spacial score (nSPS) is 10.2. The molecule has 0 aliphatic heterocycles. The van der Waals surface area contributed by atoms with Crippen LogP contribution in [0.3, 0.4) is 0 Å². The minimum Gasteiger partial charge on any atom is -0.367 e. The number of nitrogens with zero attached hydrogens (tertiary/aromatic N) is 1. The van der Waals surface area contributed by atoms with E-state index < -0.39 is 0 Å². The van der Waals surface area contributed by atoms with Crippen molar-refractivity contribution in [3.63, 3.8) is 0 Å². The van der Waals surface area contributed by atoms with Crippen LogP contribution >= 0.6 is 12.6 Å². The first-order valence-corrected chi connectivity index (χ1v) is 4.05. The van der Waals surface area contributed by atoms with Gasteiger partial charge in [-0.15, -0.1) is 12.6 Å². The van der Waals surface area contributed by atoms with Gasteiger partial charge in [-0.05, 0) is 26.0 Å². The van der Waals surface area contributed by atoms with Crippen LogP contribution < -0.4 is 5.32 Å². The van der Waals surface area contributed by atoms with Crippen LogP contribution in [0.4, 0.5) is 5.82 Å². The summed E-state index contributed by atoms with van der Waals surface area (Å²) in [6.07, 6.45) is 1.75. The van der Waals surface area contributed by atoms with Crippen molar-refractivity contribution in [2.24, 2.45) is 0 Å². The largest absolute Gasteiger partial charge is 0.367 e. The van der Waals surface area contributed by atoms with Crippen LogP contribution in [0.2, 0.25) is 0 Å². The number of pyridine rings is 1. The maximum absolute atomic E-state index is 4.25. The molecule has 0 saturated heterocycles. The Kier molecular flexibility index (Phi) is 2.76. The quantitative estimate of drug-likeness (QED) is 0.662. The lowest BCUT2D eigenvalue weighted by Crippen LogP contribution is -2.11. The van der Waals surface area contributed by atoms with Gasteiger partial charge in [-0.2, -0.15) is 0 Å². The topological polar surface area (TPSA) is 24.9 Å². The summed E-state index contributed by atoms with van der Waals surface area (Å²) in [6.45, 7) is 4.14. The van der Waals surface area contributed by atoms with E-state index in [0.29, 0.717) is 6.04 Å². The van der Waals surface area contributed by atoms with Gasteiger partial charge in [0.2, 0.25) is 0 Å². The molecular formula is C8H12N2S. The highest BCUT2D eigenvalue weighted by atomic mass is 32.1. The fraction of sp³-hybridized carbons (Fsp3) is 0.375. The summed E-state index contributed by atoms with van der Waals surface area (Å²) in [4.78, 5) is 5.02. The van der Waals surface area contributed by atoms with Gasteiger partial charge in [0.1, 0.15) is 5.82 Å². The Morgan fingerprint density at radius 1 is 1.55 bits per heavy atom. The van der Waals surface area contributed by atoms with Crippen molar-refractivity contribution in [3.05, 3.63) is 18.3 Å². The summed E-state index contributed by atoms with van der Waals surface area (Å²) in [5, 5.41) is 3.19. The summed E-state index contributed by atoms with van der Waals surface area (Å²) in [6, 6.07) is 4.19. The predicted molar refractivity (Wildman–Crippen MR) is 50.2 cm³/mol. The van der Waals surface area contributed by atoms with Crippen LogP contribution in [0.5, 0.6) is 0 Å². The van der Waals surface area contributed by atoms with E-state index in [4.69, 9.17) is 0 Å². The first-order chi connectivity index (χ1) is 5.20. The third-order valence-electron chi connectivity index (χ3n) is 1.21. The molecule has 60 valence electrons. The van der Waals surface area contributed by atoms with Crippen LogP contribution in [0.15, 0.2) is 23.2 Å². The molecule has 1 N–H and O–H groups in total. The zero-order valence-corrected chi connectivity index (χ0v) is 7.60. The highest BCUT2D eigenvalue weighted by Gasteiger charge is 1.98. The third-order valence-corrected chi connectivity index (χ3v) is 1.57. The molecule has 0 aliphatic carbocycles. The van der Waals surface area contributed by atoms with E-state index in [0.717, 1.165) is 10.7 Å². The molecular weight excluding hydrogens is 156 g/mol. The minimum atomic E-state index is 0.399. The molecule has 0 fully saturated rings. The van der Waals surface area contributed by atoms with Gasteiger partial charge >= 0.3 is 0 Å². The molecule has 1 heterocycles. The van der Waals surface area contributed by atoms with Crippen molar-refractivity contribution >= 4 is 18.4 Å². The number of anilines is 1. The number of aromatic nitrogens is 1. The molecule has 0 aromatic carbocycles. The molecule has 0 spiro atoms. The van der Waals surface area contributed by atoms with Gasteiger partial charge in [-0.25, -0.2) is 4.98 Å². The Bertz CT molecular complexity index is 235. The second-order valence-corrected chi connectivity index (χ2v) is 3.15. The van der Waals surface area contributed by atoms with Crippen molar-refractivity contribution in [2.45, 2.75) is 24.8 Å². The van der Waals surface area contributed by atoms with E-state index in [-0.39, 0.29) is 0 Å². The number of hydrogen-bond acceptors (Lipinski definition) is 3. The lowest BCUT2D eigenvalue weighted by Gasteiger charge is -2.09. The lowest BCUT2D eigenvalue weighted by atomic mass is 10.4. The van der Waals surface area contributed by atoms with Gasteiger partial charge in [0.25, 0.3) is 0 Å². The number of nitrogens with one attached hydrogen (secondary N) is 1. The smallest absolute Gasteiger partial charge is 0.139 e. The Morgan fingerprint density at radius 2 is 2.27 bits per heavy atom. The summed E-state index contributed by atoms with van der Waals surface area (Å²) >= 11 is 4.25. The predicted octanol–water partition coefficient (Wildman–Crippen LogP) is 2.19. The van der Waals surface area contributed by atoms with Gasteiger partial charge < -0.3 is 5.32 Å². The third kappa shape index (κ3) is 2.42. The van der Waals surface area contributed by atoms with Gasteiger partial charge in [-0.3, -0.25) is 0 Å². The number of thiol groups is 1. The summed E-state index contributed by atoms with van der Waals surface area (Å²) in [5.74, 6) is 0.853. The molecule has 0 saturated carbocycles. The van der Waals surface area contributed by atoms with Crippen LogP contribution in [0.25, 0.3) is 0 Å². The second-order valence-electron chi connectivity index (χ2n) is 2.67. The van der Waals surface area contributed by atoms with E-state index in [1.807, 2.05) is 12.1 Å². The summed E-state index contributed by atoms with van der Waals surface area (Å²) in [5.41, 5.74) is 0. The first kappa shape index (κ1) is 8.40. The minimum absolute atomic E-state index is 0.399. The first-order valence-electron chi connectivity index (χ1n) is 3.60. The highest BCUT2D eigenvalue weighted by Crippen LogP contribution is 2.15. The lowest BCUT2D eigenvalue weighted by molar-refractivity contribution is 0.881. The molecule has 2 nitrogen and oxygen atoms in total. The number of rotatable bonds is 2. The van der Waals surface area contributed by atoms with E-state index in [1.165, 1.54) is 0 Å². The summed E-state index contributed by atoms with van der Waals surface area (Å²) in [7, 11) is 0. The zero-order valence-electron chi connectivity index (χ0n) is 6.70. The monoisotopic (exact) mass is 168 g/mol. The van der Waals surface area contributed by atoms with Crippen LogP contribution in [0.1, 0.15) is 13.8 Å². The van der Waals surface area contributed by atoms with Crippen LogP contribution in [-0.4, -0.2) is 11.0 Å². The molecule has 1 aromatic rings. The van der Waals surface area contributed by atoms with Gasteiger partial charge in [-0.1, -0.05) is 0 Å². The Hall–Kier alpha value is -0.700. The van der Waals surface area contributed by atoms with Crippen molar-refractivity contribution in [1.29, 1.82) is 0 Å². The van der Waals surface area contributed by atoms with Crippen LogP contribution in [0, 0.1) is 0 Å². The van der Waals surface area contributed by atoms with Gasteiger partial charge in [0, 0.05) is 17.1 Å². The maximum atomic E-state index is 4.25. The van der Waals surface area contributed by atoms with Crippen LogP contribution in [-0.2, 0) is 0 Å². The number of hydrogen-bond donors (Lipinski definition) is 2. The zero-order chi connectivity index (χ0) is 8.27. The van der Waals surface area contributed by atoms with E-state index in [1.54, 1.807) is 6.20 Å². The van der Waals surface area contributed by atoms with Crippen molar-refractivity contribution in [1.82, 2.24) is 4.98 Å². The molecule has 0 bridgehead atoms. The molecule has 0 amide bonds. The fourth-order valence-corrected chi connectivity index (χ4v) is 0.990. The molecule has 1 aromatic heterocycles. The fourth-order valence-electron chi connectivity index (χ4n) is 0.781. The van der Waals surface area contributed by atoms with Crippen molar-refractivity contribution in [2.75, 3.05) is 5.32 Å². The standard InChI is InChI=1S/C8H12N2S/c1-6(2)10-8-7(11)4-3-5-9-8/h3-6,11H,1-2H3,(H,9,10). The Morgan fingerprint density at radius 3 is 2.82 bits per heavy atom.